The van der Waals surface area contributed by atoms with Gasteiger partial charge in [0.1, 0.15) is 0 Å². The highest BCUT2D eigenvalue weighted by atomic mass is 16.3. The van der Waals surface area contributed by atoms with Crippen molar-refractivity contribution in [3.8, 4) is 11.8 Å². The largest absolute Gasteiger partial charge is 0.385 e. The summed E-state index contributed by atoms with van der Waals surface area (Å²) in [6.45, 7) is 0.398. The molecule has 1 aliphatic rings. The molecule has 0 aromatic heterocycles. The molecular weight excluding hydrogens is 408 g/mol. The third-order valence-corrected chi connectivity index (χ3v) is 5.70. The number of piperidine rings is 1. The van der Waals surface area contributed by atoms with Gasteiger partial charge in [-0.3, -0.25) is 9.59 Å². The van der Waals surface area contributed by atoms with E-state index in [2.05, 4.69) is 11.8 Å². The minimum absolute atomic E-state index is 0.199. The van der Waals surface area contributed by atoms with Crippen LogP contribution in [0.5, 0.6) is 0 Å². The van der Waals surface area contributed by atoms with Gasteiger partial charge in [-0.05, 0) is 42.7 Å². The van der Waals surface area contributed by atoms with Crippen LogP contribution in [0.2, 0.25) is 0 Å². The van der Waals surface area contributed by atoms with E-state index in [0.29, 0.717) is 0 Å². The van der Waals surface area contributed by atoms with E-state index in [4.69, 9.17) is 0 Å². The fraction of sp³-hybridized carbons (Fsp3) is 0.360. The predicted molar refractivity (Wildman–Crippen MR) is 119 cm³/mol. The molecule has 1 fully saturated rings. The monoisotopic (exact) mass is 436 g/mol. The number of hydrogen-bond acceptors (Lipinski definition) is 5. The number of carbonyl (C=O) groups excluding carboxylic acids is 2. The summed E-state index contributed by atoms with van der Waals surface area (Å²) in [6.07, 6.45) is -3.10. The summed E-state index contributed by atoms with van der Waals surface area (Å²) in [5.41, 5.74) is 1.38. The highest BCUT2D eigenvalue weighted by molar-refractivity contribution is 5.90. The third kappa shape index (κ3) is 5.35. The molecule has 2 amide bonds. The molecule has 0 bridgehead atoms. The molecule has 2 aromatic rings. The zero-order chi connectivity index (χ0) is 23.3. The summed E-state index contributed by atoms with van der Waals surface area (Å²) in [5.74, 6) is 4.73. The van der Waals surface area contributed by atoms with E-state index in [1.807, 2.05) is 54.6 Å². The number of hydrogen-bond donors (Lipinski definition) is 3. The zero-order valence-corrected chi connectivity index (χ0v) is 18.2. The molecule has 1 aliphatic heterocycles. The Morgan fingerprint density at radius 3 is 1.97 bits per heavy atom. The van der Waals surface area contributed by atoms with E-state index in [-0.39, 0.29) is 25.9 Å². The normalized spacial score (nSPS) is 17.0. The maximum absolute atomic E-state index is 12.5. The average molecular weight is 437 g/mol. The Kier molecular flexibility index (Phi) is 7.31. The fourth-order valence-electron chi connectivity index (χ4n) is 3.64. The quantitative estimate of drug-likeness (QED) is 0.613. The molecule has 32 heavy (non-hydrogen) atoms. The Morgan fingerprint density at radius 1 is 0.906 bits per heavy atom. The van der Waals surface area contributed by atoms with Crippen molar-refractivity contribution in [2.75, 3.05) is 27.2 Å². The molecule has 0 saturated carbocycles. The fourth-order valence-corrected chi connectivity index (χ4v) is 3.64. The van der Waals surface area contributed by atoms with Crippen molar-refractivity contribution in [1.82, 2.24) is 9.80 Å². The van der Waals surface area contributed by atoms with Crippen LogP contribution in [0.1, 0.15) is 29.5 Å². The summed E-state index contributed by atoms with van der Waals surface area (Å²) in [5, 5.41) is 31.1. The van der Waals surface area contributed by atoms with Crippen molar-refractivity contribution >= 4 is 11.8 Å². The molecule has 168 valence electrons. The van der Waals surface area contributed by atoms with E-state index in [0.717, 1.165) is 21.6 Å². The van der Waals surface area contributed by atoms with Crippen LogP contribution in [0.15, 0.2) is 54.6 Å². The molecule has 3 N–H and O–H groups in total. The second kappa shape index (κ2) is 9.96. The van der Waals surface area contributed by atoms with E-state index in [9.17, 15) is 24.9 Å². The van der Waals surface area contributed by atoms with E-state index >= 15 is 0 Å². The van der Waals surface area contributed by atoms with Gasteiger partial charge in [0.2, 0.25) is 0 Å². The topological polar surface area (TPSA) is 101 Å². The summed E-state index contributed by atoms with van der Waals surface area (Å²) < 4.78 is 0. The lowest BCUT2D eigenvalue weighted by molar-refractivity contribution is -0.159. The SMILES string of the molecule is CN(C)C(=O)[C@H](O)[C@@H](O)C(=O)N1CCC(O)(c2ccc(C#Cc3ccccc3)cc2)CC1. The number of rotatable bonds is 4. The van der Waals surface area contributed by atoms with Crippen LogP contribution >= 0.6 is 0 Å². The molecule has 2 atom stereocenters. The molecule has 0 unspecified atom stereocenters. The van der Waals surface area contributed by atoms with Gasteiger partial charge in [0.05, 0.1) is 5.60 Å². The van der Waals surface area contributed by atoms with Crippen LogP contribution in [0.3, 0.4) is 0 Å². The number of carbonyl (C=O) groups is 2. The summed E-state index contributed by atoms with van der Waals surface area (Å²) >= 11 is 0. The van der Waals surface area contributed by atoms with Gasteiger partial charge in [-0.1, -0.05) is 42.2 Å². The van der Waals surface area contributed by atoms with Gasteiger partial charge in [-0.15, -0.1) is 0 Å². The highest BCUT2D eigenvalue weighted by Crippen LogP contribution is 2.33. The first-order chi connectivity index (χ1) is 15.2. The van der Waals surface area contributed by atoms with Crippen LogP contribution in [0, 0.1) is 11.8 Å². The standard InChI is InChI=1S/C25H28N2O5/c1-26(2)23(30)21(28)22(29)24(31)27-16-14-25(32,15-17-27)20-12-10-19(11-13-20)9-8-18-6-4-3-5-7-18/h3-7,10-13,21-22,28-29,32H,14-17H2,1-2H3/t21-,22-/m1/s1. The van der Waals surface area contributed by atoms with E-state index in [1.54, 1.807) is 0 Å². The minimum Gasteiger partial charge on any atom is -0.385 e. The van der Waals surface area contributed by atoms with Gasteiger partial charge >= 0.3 is 0 Å². The van der Waals surface area contributed by atoms with Crippen molar-refractivity contribution < 1.29 is 24.9 Å². The van der Waals surface area contributed by atoms with Gasteiger partial charge < -0.3 is 25.1 Å². The van der Waals surface area contributed by atoms with Crippen LogP contribution in [0.25, 0.3) is 0 Å². The molecule has 7 heteroatoms. The summed E-state index contributed by atoms with van der Waals surface area (Å²) in [7, 11) is 2.87. The Morgan fingerprint density at radius 2 is 1.44 bits per heavy atom. The van der Waals surface area contributed by atoms with Crippen molar-refractivity contribution in [3.05, 3.63) is 71.3 Å². The number of aliphatic hydroxyl groups is 3. The van der Waals surface area contributed by atoms with Gasteiger partial charge in [0.25, 0.3) is 11.8 Å². The van der Waals surface area contributed by atoms with Crippen LogP contribution in [-0.2, 0) is 15.2 Å². The minimum atomic E-state index is -1.83. The lowest BCUT2D eigenvalue weighted by Gasteiger charge is -2.39. The molecule has 0 spiro atoms. The lowest BCUT2D eigenvalue weighted by Crippen LogP contribution is -2.53. The smallest absolute Gasteiger partial charge is 0.254 e. The number of benzene rings is 2. The van der Waals surface area contributed by atoms with Gasteiger partial charge in [-0.25, -0.2) is 0 Å². The summed E-state index contributed by atoms with van der Waals surface area (Å²) in [6, 6.07) is 17.0. The number of nitrogens with zero attached hydrogens (tertiary/aromatic N) is 2. The van der Waals surface area contributed by atoms with Crippen LogP contribution in [0.4, 0.5) is 0 Å². The Labute approximate surface area is 187 Å². The molecule has 3 rings (SSSR count). The maximum Gasteiger partial charge on any atom is 0.254 e. The zero-order valence-electron chi connectivity index (χ0n) is 18.2. The molecule has 0 aliphatic carbocycles. The Balaban J connectivity index is 1.61. The molecule has 2 aromatic carbocycles. The Bertz CT molecular complexity index is 1000. The van der Waals surface area contributed by atoms with Crippen LogP contribution in [-0.4, -0.2) is 76.3 Å². The molecule has 1 heterocycles. The summed E-state index contributed by atoms with van der Waals surface area (Å²) in [4.78, 5) is 26.8. The predicted octanol–water partition coefficient (Wildman–Crippen LogP) is 0.706. The van der Waals surface area contributed by atoms with Gasteiger partial charge in [0, 0.05) is 38.3 Å². The van der Waals surface area contributed by atoms with Crippen LogP contribution < -0.4 is 0 Å². The second-order valence-corrected chi connectivity index (χ2v) is 8.17. The second-order valence-electron chi connectivity index (χ2n) is 8.17. The Hall–Kier alpha value is -3.18. The van der Waals surface area contributed by atoms with Crippen molar-refractivity contribution in [1.29, 1.82) is 0 Å². The number of likely N-dealkylation sites (tertiary alicyclic amines) is 1. The highest BCUT2D eigenvalue weighted by Gasteiger charge is 2.39. The first kappa shape index (κ1) is 23.5. The van der Waals surface area contributed by atoms with E-state index in [1.165, 1.54) is 19.0 Å². The molecular formula is C25H28N2O5. The first-order valence-electron chi connectivity index (χ1n) is 10.5. The van der Waals surface area contributed by atoms with E-state index < -0.39 is 29.6 Å². The van der Waals surface area contributed by atoms with Gasteiger partial charge in [0.15, 0.2) is 12.2 Å². The van der Waals surface area contributed by atoms with Crippen molar-refractivity contribution in [2.24, 2.45) is 0 Å². The van der Waals surface area contributed by atoms with Crippen molar-refractivity contribution in [3.63, 3.8) is 0 Å². The average Bonchev–Trinajstić information content (AvgIpc) is 2.82. The molecule has 7 nitrogen and oxygen atoms in total. The number of amides is 2. The van der Waals surface area contributed by atoms with Crippen molar-refractivity contribution in [2.45, 2.75) is 30.7 Å². The lowest BCUT2D eigenvalue weighted by atomic mass is 9.84. The number of aliphatic hydroxyl groups excluding tert-OH is 2. The molecule has 0 radical (unpaired) electrons. The molecule has 1 saturated heterocycles. The number of likely N-dealkylation sites (N-methyl/N-ethyl adjacent to an activating group) is 1. The first-order valence-corrected chi connectivity index (χ1v) is 10.5. The van der Waals surface area contributed by atoms with Gasteiger partial charge in [-0.2, -0.15) is 0 Å². The maximum atomic E-state index is 12.5. The third-order valence-electron chi connectivity index (χ3n) is 5.70.